The number of hydrogen-bond acceptors (Lipinski definition) is 4. The molecule has 4 heteroatoms. The van der Waals surface area contributed by atoms with Crippen molar-refractivity contribution < 1.29 is 15.3 Å². The first-order chi connectivity index (χ1) is 11.5. The molecule has 0 radical (unpaired) electrons. The molecule has 0 amide bonds. The summed E-state index contributed by atoms with van der Waals surface area (Å²) in [4.78, 5) is 0.957. The fourth-order valence-electron chi connectivity index (χ4n) is 2.39. The van der Waals surface area contributed by atoms with Gasteiger partial charge in [0.15, 0.2) is 0 Å². The molecule has 0 saturated carbocycles. The SMILES string of the molecule is CC(C)C(=C=CC[C@@H](O)c1ccc(O)cc1)C[C@@H](O)c1cccs1. The fraction of sp³-hybridized carbons (Fsp3) is 0.350. The van der Waals surface area contributed by atoms with Gasteiger partial charge in [0.25, 0.3) is 0 Å². The fourth-order valence-corrected chi connectivity index (χ4v) is 3.10. The lowest BCUT2D eigenvalue weighted by molar-refractivity contribution is 0.179. The minimum absolute atomic E-state index is 0.186. The van der Waals surface area contributed by atoms with Crippen LogP contribution in [0.4, 0.5) is 0 Å². The maximum absolute atomic E-state index is 10.3. The molecule has 0 unspecified atom stereocenters. The zero-order valence-electron chi connectivity index (χ0n) is 14.0. The molecule has 0 fully saturated rings. The smallest absolute Gasteiger partial charge is 0.115 e. The van der Waals surface area contributed by atoms with Crippen molar-refractivity contribution in [3.05, 3.63) is 69.6 Å². The van der Waals surface area contributed by atoms with Crippen molar-refractivity contribution >= 4 is 11.3 Å². The molecule has 0 bridgehead atoms. The van der Waals surface area contributed by atoms with E-state index in [0.717, 1.165) is 16.0 Å². The topological polar surface area (TPSA) is 60.7 Å². The Morgan fingerprint density at radius 3 is 2.42 bits per heavy atom. The van der Waals surface area contributed by atoms with Crippen LogP contribution in [-0.2, 0) is 0 Å². The predicted molar refractivity (Wildman–Crippen MR) is 98.0 cm³/mol. The summed E-state index contributed by atoms with van der Waals surface area (Å²) in [7, 11) is 0. The maximum Gasteiger partial charge on any atom is 0.115 e. The first kappa shape index (κ1) is 18.5. The molecule has 1 heterocycles. The summed E-state index contributed by atoms with van der Waals surface area (Å²) >= 11 is 1.55. The second kappa shape index (κ2) is 8.86. The Bertz CT molecular complexity index is 680. The Morgan fingerprint density at radius 2 is 1.83 bits per heavy atom. The molecular formula is C20H24O3S. The predicted octanol–water partition coefficient (Wildman–Crippen LogP) is 4.74. The molecule has 0 aliphatic carbocycles. The van der Waals surface area contributed by atoms with Crippen LogP contribution in [0.25, 0.3) is 0 Å². The summed E-state index contributed by atoms with van der Waals surface area (Å²) < 4.78 is 0. The van der Waals surface area contributed by atoms with E-state index in [-0.39, 0.29) is 11.7 Å². The molecule has 1 aromatic heterocycles. The van der Waals surface area contributed by atoms with E-state index in [4.69, 9.17) is 0 Å². The van der Waals surface area contributed by atoms with E-state index in [1.165, 1.54) is 0 Å². The third-order valence-electron chi connectivity index (χ3n) is 3.89. The first-order valence-corrected chi connectivity index (χ1v) is 8.97. The number of benzene rings is 1. The van der Waals surface area contributed by atoms with Crippen LogP contribution in [0.5, 0.6) is 5.75 Å². The van der Waals surface area contributed by atoms with Gasteiger partial charge in [-0.25, -0.2) is 0 Å². The molecule has 128 valence electrons. The van der Waals surface area contributed by atoms with Crippen LogP contribution in [-0.4, -0.2) is 15.3 Å². The average Bonchev–Trinajstić information content (AvgIpc) is 3.08. The van der Waals surface area contributed by atoms with E-state index in [2.05, 4.69) is 19.6 Å². The van der Waals surface area contributed by atoms with Crippen LogP contribution in [0.3, 0.4) is 0 Å². The van der Waals surface area contributed by atoms with Crippen LogP contribution in [0.15, 0.2) is 59.2 Å². The highest BCUT2D eigenvalue weighted by molar-refractivity contribution is 7.10. The van der Waals surface area contributed by atoms with E-state index in [1.54, 1.807) is 35.6 Å². The van der Waals surface area contributed by atoms with Crippen molar-refractivity contribution in [3.8, 4) is 5.75 Å². The highest BCUT2D eigenvalue weighted by Gasteiger charge is 2.13. The Kier molecular flexibility index (Phi) is 6.83. The van der Waals surface area contributed by atoms with Crippen molar-refractivity contribution in [1.82, 2.24) is 0 Å². The Labute approximate surface area is 147 Å². The number of aromatic hydroxyl groups is 1. The van der Waals surface area contributed by atoms with E-state index < -0.39 is 12.2 Å². The van der Waals surface area contributed by atoms with Gasteiger partial charge in [-0.3, -0.25) is 0 Å². The van der Waals surface area contributed by atoms with Crippen LogP contribution >= 0.6 is 11.3 Å². The highest BCUT2D eigenvalue weighted by atomic mass is 32.1. The number of aliphatic hydroxyl groups is 2. The summed E-state index contributed by atoms with van der Waals surface area (Å²) in [5.41, 5.74) is 5.05. The summed E-state index contributed by atoms with van der Waals surface area (Å²) in [6.07, 6.45) is 1.67. The molecule has 0 aliphatic rings. The lowest BCUT2D eigenvalue weighted by Gasteiger charge is -2.13. The lowest BCUT2D eigenvalue weighted by atomic mass is 9.97. The van der Waals surface area contributed by atoms with E-state index in [9.17, 15) is 15.3 Å². The van der Waals surface area contributed by atoms with Gasteiger partial charge in [-0.15, -0.1) is 17.1 Å². The number of phenolic OH excluding ortho intramolecular Hbond substituents is 1. The Morgan fingerprint density at radius 1 is 1.12 bits per heavy atom. The minimum atomic E-state index is -0.631. The monoisotopic (exact) mass is 344 g/mol. The molecule has 0 aliphatic heterocycles. The second-order valence-electron chi connectivity index (χ2n) is 6.11. The molecule has 2 rings (SSSR count). The van der Waals surface area contributed by atoms with Gasteiger partial charge in [-0.05, 0) is 46.7 Å². The molecule has 3 N–H and O–H groups in total. The Balaban J connectivity index is 2.03. The summed E-state index contributed by atoms with van der Waals surface area (Å²) in [5, 5.41) is 31.7. The van der Waals surface area contributed by atoms with E-state index in [0.29, 0.717) is 12.8 Å². The number of rotatable bonds is 7. The lowest BCUT2D eigenvalue weighted by Crippen LogP contribution is -2.01. The average molecular weight is 344 g/mol. The molecule has 3 nitrogen and oxygen atoms in total. The van der Waals surface area contributed by atoms with Crippen LogP contribution in [0, 0.1) is 5.92 Å². The minimum Gasteiger partial charge on any atom is -0.508 e. The van der Waals surface area contributed by atoms with Gasteiger partial charge >= 0.3 is 0 Å². The molecule has 0 saturated heterocycles. The quantitative estimate of drug-likeness (QED) is 0.636. The molecule has 0 spiro atoms. The van der Waals surface area contributed by atoms with Crippen molar-refractivity contribution in [2.45, 2.75) is 38.9 Å². The van der Waals surface area contributed by atoms with Gasteiger partial charge < -0.3 is 15.3 Å². The van der Waals surface area contributed by atoms with Crippen molar-refractivity contribution in [1.29, 1.82) is 0 Å². The molecule has 1 aromatic carbocycles. The standard InChI is InChI=1S/C20H24O3S/c1-14(2)16(13-19(23)20-7-4-12-24-20)5-3-6-18(22)15-8-10-17(21)11-9-15/h3-4,7-12,14,18-19,21-23H,6,13H2,1-2H3/t5?,18-,19-/m1/s1. The third-order valence-corrected chi connectivity index (χ3v) is 4.86. The Hall–Kier alpha value is -1.84. The normalized spacial score (nSPS) is 13.4. The number of aliphatic hydroxyl groups excluding tert-OH is 2. The summed E-state index contributed by atoms with van der Waals surface area (Å²) in [6.45, 7) is 4.15. The van der Waals surface area contributed by atoms with Gasteiger partial charge in [0.05, 0.1) is 12.2 Å². The number of thiophene rings is 1. The summed E-state index contributed by atoms with van der Waals surface area (Å²) in [6, 6.07) is 10.4. The highest BCUT2D eigenvalue weighted by Crippen LogP contribution is 2.28. The zero-order chi connectivity index (χ0) is 17.5. The molecule has 2 atom stereocenters. The van der Waals surface area contributed by atoms with Gasteiger partial charge in [0, 0.05) is 17.7 Å². The molecule has 24 heavy (non-hydrogen) atoms. The largest absolute Gasteiger partial charge is 0.508 e. The zero-order valence-corrected chi connectivity index (χ0v) is 14.8. The summed E-state index contributed by atoms with van der Waals surface area (Å²) in [5.74, 6) is 0.465. The van der Waals surface area contributed by atoms with Gasteiger partial charge in [-0.1, -0.05) is 32.0 Å². The second-order valence-corrected chi connectivity index (χ2v) is 7.09. The molecular weight excluding hydrogens is 320 g/mol. The third kappa shape index (κ3) is 5.36. The van der Waals surface area contributed by atoms with Crippen molar-refractivity contribution in [2.75, 3.05) is 0 Å². The molecule has 2 aromatic rings. The van der Waals surface area contributed by atoms with E-state index in [1.807, 2.05) is 23.6 Å². The van der Waals surface area contributed by atoms with Crippen LogP contribution in [0.2, 0.25) is 0 Å². The maximum atomic E-state index is 10.3. The van der Waals surface area contributed by atoms with Gasteiger partial charge in [0.2, 0.25) is 0 Å². The number of hydrogen-bond donors (Lipinski definition) is 3. The first-order valence-electron chi connectivity index (χ1n) is 8.09. The van der Waals surface area contributed by atoms with E-state index >= 15 is 0 Å². The van der Waals surface area contributed by atoms with Gasteiger partial charge in [-0.2, -0.15) is 0 Å². The van der Waals surface area contributed by atoms with Gasteiger partial charge in [0.1, 0.15) is 5.75 Å². The van der Waals surface area contributed by atoms with Crippen LogP contribution < -0.4 is 0 Å². The van der Waals surface area contributed by atoms with Crippen molar-refractivity contribution in [2.24, 2.45) is 5.92 Å². The van der Waals surface area contributed by atoms with Crippen molar-refractivity contribution in [3.63, 3.8) is 0 Å². The number of phenols is 1. The van der Waals surface area contributed by atoms with Crippen LogP contribution in [0.1, 0.15) is 49.3 Å².